The van der Waals surface area contributed by atoms with E-state index in [1.165, 1.54) is 30.0 Å². The first kappa shape index (κ1) is 14.3. The molecule has 0 radical (unpaired) electrons. The van der Waals surface area contributed by atoms with Crippen molar-refractivity contribution in [3.05, 3.63) is 24.3 Å². The first-order chi connectivity index (χ1) is 9.01. The van der Waals surface area contributed by atoms with Crippen molar-refractivity contribution in [3.63, 3.8) is 0 Å². The van der Waals surface area contributed by atoms with Gasteiger partial charge in [0.05, 0.1) is 5.69 Å². The minimum absolute atomic E-state index is 0.359. The topological polar surface area (TPSA) is 49.4 Å². The lowest BCUT2D eigenvalue weighted by atomic mass is 10.1. The lowest BCUT2D eigenvalue weighted by Crippen LogP contribution is -2.24. The van der Waals surface area contributed by atoms with Crippen molar-refractivity contribution in [1.29, 1.82) is 0 Å². The minimum atomic E-state index is -3.38. The molecule has 0 unspecified atom stereocenters. The van der Waals surface area contributed by atoms with Gasteiger partial charge >= 0.3 is 0 Å². The first-order valence-corrected chi connectivity index (χ1v) is 8.21. The van der Waals surface area contributed by atoms with E-state index >= 15 is 0 Å². The van der Waals surface area contributed by atoms with E-state index in [9.17, 15) is 8.42 Å². The number of hydrogen-bond acceptors (Lipinski definition) is 3. The summed E-state index contributed by atoms with van der Waals surface area (Å²) in [6, 6.07) is 7.13. The van der Waals surface area contributed by atoms with Gasteiger partial charge in [-0.3, -0.25) is 0 Å². The molecule has 5 heteroatoms. The van der Waals surface area contributed by atoms with Crippen molar-refractivity contribution in [2.24, 2.45) is 5.92 Å². The standard InChI is InChI=1S/C14H22N2O2S/c1-16(2)19(17,18)14-10-6-5-9-13(14)15-11-12-7-3-4-8-12/h5-6,9-10,12,15H,3-4,7-8,11H2,1-2H3. The van der Waals surface area contributed by atoms with Crippen LogP contribution in [0.15, 0.2) is 29.2 Å². The number of para-hydroxylation sites is 1. The molecule has 1 aliphatic rings. The van der Waals surface area contributed by atoms with Gasteiger partial charge in [-0.05, 0) is 30.9 Å². The highest BCUT2D eigenvalue weighted by atomic mass is 32.2. The van der Waals surface area contributed by atoms with Gasteiger partial charge in [-0.1, -0.05) is 25.0 Å². The Balaban J connectivity index is 2.16. The molecule has 1 fully saturated rings. The fourth-order valence-electron chi connectivity index (χ4n) is 2.50. The van der Waals surface area contributed by atoms with Crippen LogP contribution in [-0.4, -0.2) is 33.4 Å². The Hall–Kier alpha value is -1.07. The van der Waals surface area contributed by atoms with Crippen LogP contribution in [0.2, 0.25) is 0 Å². The van der Waals surface area contributed by atoms with Gasteiger partial charge in [-0.25, -0.2) is 12.7 Å². The maximum Gasteiger partial charge on any atom is 0.244 e. The van der Waals surface area contributed by atoms with Gasteiger partial charge in [0.15, 0.2) is 0 Å². The highest BCUT2D eigenvalue weighted by Crippen LogP contribution is 2.27. The lowest BCUT2D eigenvalue weighted by Gasteiger charge is -2.17. The van der Waals surface area contributed by atoms with Crippen molar-refractivity contribution < 1.29 is 8.42 Å². The van der Waals surface area contributed by atoms with Crippen molar-refractivity contribution in [1.82, 2.24) is 4.31 Å². The molecule has 1 aromatic carbocycles. The Morgan fingerprint density at radius 1 is 1.21 bits per heavy atom. The van der Waals surface area contributed by atoms with Crippen molar-refractivity contribution >= 4 is 15.7 Å². The first-order valence-electron chi connectivity index (χ1n) is 6.77. The van der Waals surface area contributed by atoms with E-state index < -0.39 is 10.0 Å². The molecule has 1 aliphatic carbocycles. The summed E-state index contributed by atoms with van der Waals surface area (Å²) in [6.45, 7) is 0.861. The number of benzene rings is 1. The third kappa shape index (κ3) is 3.28. The highest BCUT2D eigenvalue weighted by molar-refractivity contribution is 7.89. The maximum atomic E-state index is 12.2. The summed E-state index contributed by atoms with van der Waals surface area (Å²) < 4.78 is 25.7. The van der Waals surface area contributed by atoms with Gasteiger partial charge in [-0.2, -0.15) is 0 Å². The van der Waals surface area contributed by atoms with E-state index in [0.29, 0.717) is 16.5 Å². The molecule has 0 aromatic heterocycles. The average molecular weight is 282 g/mol. The Morgan fingerprint density at radius 3 is 2.47 bits per heavy atom. The maximum absolute atomic E-state index is 12.2. The van der Waals surface area contributed by atoms with Gasteiger partial charge < -0.3 is 5.32 Å². The smallest absolute Gasteiger partial charge is 0.244 e. The Bertz CT molecular complexity index is 520. The molecule has 0 saturated heterocycles. The fraction of sp³-hybridized carbons (Fsp3) is 0.571. The number of hydrogen-bond donors (Lipinski definition) is 1. The molecule has 1 N–H and O–H groups in total. The Kier molecular flexibility index (Phi) is 4.47. The normalized spacial score (nSPS) is 17.0. The molecule has 0 spiro atoms. The Labute approximate surface area is 115 Å². The molecule has 2 rings (SSSR count). The number of anilines is 1. The summed E-state index contributed by atoms with van der Waals surface area (Å²) in [6.07, 6.45) is 5.08. The van der Waals surface area contributed by atoms with Crippen molar-refractivity contribution in [2.45, 2.75) is 30.6 Å². The van der Waals surface area contributed by atoms with Gasteiger partial charge in [0.1, 0.15) is 4.90 Å². The van der Waals surface area contributed by atoms with E-state index in [-0.39, 0.29) is 0 Å². The summed E-state index contributed by atoms with van der Waals surface area (Å²) in [5.74, 6) is 0.676. The molecule has 0 aliphatic heterocycles. The monoisotopic (exact) mass is 282 g/mol. The molecular formula is C14H22N2O2S. The number of nitrogens with zero attached hydrogens (tertiary/aromatic N) is 1. The molecule has 0 heterocycles. The summed E-state index contributed by atoms with van der Waals surface area (Å²) in [4.78, 5) is 0.359. The van der Waals surface area contributed by atoms with Gasteiger partial charge in [0.25, 0.3) is 0 Å². The van der Waals surface area contributed by atoms with Crippen LogP contribution < -0.4 is 5.32 Å². The van der Waals surface area contributed by atoms with E-state index in [4.69, 9.17) is 0 Å². The van der Waals surface area contributed by atoms with Crippen LogP contribution in [0.3, 0.4) is 0 Å². The lowest BCUT2D eigenvalue weighted by molar-refractivity contribution is 0.520. The molecule has 106 valence electrons. The zero-order chi connectivity index (χ0) is 13.9. The molecular weight excluding hydrogens is 260 g/mol. The number of nitrogens with one attached hydrogen (secondary N) is 1. The zero-order valence-electron chi connectivity index (χ0n) is 11.6. The highest BCUT2D eigenvalue weighted by Gasteiger charge is 2.21. The predicted molar refractivity (Wildman–Crippen MR) is 77.8 cm³/mol. The second-order valence-electron chi connectivity index (χ2n) is 5.31. The van der Waals surface area contributed by atoms with E-state index in [1.807, 2.05) is 12.1 Å². The fourth-order valence-corrected chi connectivity index (χ4v) is 3.57. The van der Waals surface area contributed by atoms with Gasteiger partial charge in [0, 0.05) is 20.6 Å². The molecule has 0 bridgehead atoms. The second-order valence-corrected chi connectivity index (χ2v) is 7.44. The number of sulfonamides is 1. The second kappa shape index (κ2) is 5.92. The molecule has 19 heavy (non-hydrogen) atoms. The zero-order valence-corrected chi connectivity index (χ0v) is 12.4. The van der Waals surface area contributed by atoms with E-state index in [0.717, 1.165) is 6.54 Å². The quantitative estimate of drug-likeness (QED) is 0.903. The van der Waals surface area contributed by atoms with Crippen LogP contribution >= 0.6 is 0 Å². The van der Waals surface area contributed by atoms with Crippen LogP contribution in [0, 0.1) is 5.92 Å². The minimum Gasteiger partial charge on any atom is -0.384 e. The van der Waals surface area contributed by atoms with Gasteiger partial charge in [-0.15, -0.1) is 0 Å². The van der Waals surface area contributed by atoms with Crippen LogP contribution in [-0.2, 0) is 10.0 Å². The van der Waals surface area contributed by atoms with Crippen molar-refractivity contribution in [3.8, 4) is 0 Å². The molecule has 0 amide bonds. The SMILES string of the molecule is CN(C)S(=O)(=O)c1ccccc1NCC1CCCC1. The third-order valence-electron chi connectivity index (χ3n) is 3.70. The van der Waals surface area contributed by atoms with Gasteiger partial charge in [0.2, 0.25) is 10.0 Å². The summed E-state index contributed by atoms with van der Waals surface area (Å²) in [5.41, 5.74) is 0.711. The molecule has 0 atom stereocenters. The molecule has 1 saturated carbocycles. The third-order valence-corrected chi connectivity index (χ3v) is 5.57. The largest absolute Gasteiger partial charge is 0.384 e. The van der Waals surface area contributed by atoms with Crippen molar-refractivity contribution in [2.75, 3.05) is 26.0 Å². The molecule has 1 aromatic rings. The predicted octanol–water partition coefficient (Wildman–Crippen LogP) is 2.54. The van der Waals surface area contributed by atoms with E-state index in [1.54, 1.807) is 26.2 Å². The summed E-state index contributed by atoms with van der Waals surface area (Å²) in [5, 5.41) is 3.31. The Morgan fingerprint density at radius 2 is 1.84 bits per heavy atom. The van der Waals surface area contributed by atoms with Crippen LogP contribution in [0.1, 0.15) is 25.7 Å². The van der Waals surface area contributed by atoms with E-state index in [2.05, 4.69) is 5.32 Å². The summed E-state index contributed by atoms with van der Waals surface area (Å²) in [7, 11) is -0.265. The summed E-state index contributed by atoms with van der Waals surface area (Å²) >= 11 is 0. The average Bonchev–Trinajstić information content (AvgIpc) is 2.89. The van der Waals surface area contributed by atoms with Crippen LogP contribution in [0.4, 0.5) is 5.69 Å². The molecule has 4 nitrogen and oxygen atoms in total. The number of rotatable bonds is 5. The van der Waals surface area contributed by atoms with Crippen LogP contribution in [0.25, 0.3) is 0 Å². The van der Waals surface area contributed by atoms with Crippen LogP contribution in [0.5, 0.6) is 0 Å².